The van der Waals surface area contributed by atoms with Gasteiger partial charge in [0.15, 0.2) is 0 Å². The average Bonchev–Trinajstić information content (AvgIpc) is 2.38. The highest BCUT2D eigenvalue weighted by molar-refractivity contribution is 6.31. The number of aromatic nitrogens is 2. The van der Waals surface area contributed by atoms with Crippen LogP contribution in [0.1, 0.15) is 27.3 Å². The van der Waals surface area contributed by atoms with Crippen LogP contribution in [0.2, 0.25) is 5.02 Å². The summed E-state index contributed by atoms with van der Waals surface area (Å²) < 4.78 is 0. The number of ketones is 1. The Labute approximate surface area is 116 Å². The van der Waals surface area contributed by atoms with E-state index in [4.69, 9.17) is 11.6 Å². The zero-order valence-electron chi connectivity index (χ0n) is 11.0. The van der Waals surface area contributed by atoms with Crippen molar-refractivity contribution in [1.82, 2.24) is 9.97 Å². The number of nitrogens with one attached hydrogen (secondary N) is 1. The summed E-state index contributed by atoms with van der Waals surface area (Å²) in [4.78, 5) is 20.9. The quantitative estimate of drug-likeness (QED) is 0.875. The zero-order chi connectivity index (χ0) is 14.0. The van der Waals surface area contributed by atoms with Crippen LogP contribution in [-0.2, 0) is 0 Å². The minimum absolute atomic E-state index is 0.149. The van der Waals surface area contributed by atoms with Crippen LogP contribution in [0.15, 0.2) is 24.5 Å². The number of hydrogen-bond donors (Lipinski definition) is 1. The number of carbonyl (C=O) groups is 1. The highest BCUT2D eigenvalue weighted by Gasteiger charge is 2.19. The minimum atomic E-state index is -0.149. The molecule has 4 nitrogen and oxygen atoms in total. The van der Waals surface area contributed by atoms with Gasteiger partial charge in [0.2, 0.25) is 5.78 Å². The zero-order valence-corrected chi connectivity index (χ0v) is 11.7. The lowest BCUT2D eigenvalue weighted by Gasteiger charge is -2.10. The molecule has 2 heterocycles. The molecule has 2 aromatic heterocycles. The maximum atomic E-state index is 12.6. The van der Waals surface area contributed by atoms with Gasteiger partial charge in [-0.05, 0) is 31.5 Å². The first-order valence-electron chi connectivity index (χ1n) is 5.84. The van der Waals surface area contributed by atoms with Crippen molar-refractivity contribution in [2.24, 2.45) is 0 Å². The van der Waals surface area contributed by atoms with Crippen molar-refractivity contribution >= 4 is 23.1 Å². The van der Waals surface area contributed by atoms with Gasteiger partial charge in [-0.1, -0.05) is 11.6 Å². The lowest BCUT2D eigenvalue weighted by atomic mass is 10.0. The van der Waals surface area contributed by atoms with Gasteiger partial charge in [-0.15, -0.1) is 0 Å². The molecule has 0 saturated carbocycles. The van der Waals surface area contributed by atoms with Crippen molar-refractivity contribution < 1.29 is 4.79 Å². The standard InChI is InChI=1S/C14H14ClN3O/c1-8-4-5-17-9(2)12(8)14(19)13-11(16-3)6-10(15)7-18-13/h4-7,16H,1-3H3. The third kappa shape index (κ3) is 2.58. The van der Waals surface area contributed by atoms with Crippen LogP contribution < -0.4 is 5.32 Å². The normalized spacial score (nSPS) is 10.3. The van der Waals surface area contributed by atoms with Crippen LogP contribution in [0, 0.1) is 13.8 Å². The highest BCUT2D eigenvalue weighted by atomic mass is 35.5. The third-order valence-corrected chi connectivity index (χ3v) is 3.12. The number of anilines is 1. The second-order valence-electron chi connectivity index (χ2n) is 4.22. The Kier molecular flexibility index (Phi) is 3.81. The SMILES string of the molecule is CNc1cc(Cl)cnc1C(=O)c1c(C)ccnc1C. The Bertz CT molecular complexity index is 620. The molecule has 2 aromatic rings. The van der Waals surface area contributed by atoms with Crippen LogP contribution in [0.4, 0.5) is 5.69 Å². The molecule has 0 saturated heterocycles. The van der Waals surface area contributed by atoms with Gasteiger partial charge >= 0.3 is 0 Å². The maximum Gasteiger partial charge on any atom is 0.215 e. The summed E-state index contributed by atoms with van der Waals surface area (Å²) in [5.74, 6) is -0.149. The van der Waals surface area contributed by atoms with Crippen LogP contribution in [0.25, 0.3) is 0 Å². The molecular formula is C14H14ClN3O. The Hall–Kier alpha value is -1.94. The van der Waals surface area contributed by atoms with Gasteiger partial charge in [0.1, 0.15) is 5.69 Å². The van der Waals surface area contributed by atoms with E-state index in [-0.39, 0.29) is 5.78 Å². The van der Waals surface area contributed by atoms with Gasteiger partial charge in [-0.3, -0.25) is 9.78 Å². The van der Waals surface area contributed by atoms with Gasteiger partial charge in [0.05, 0.1) is 10.7 Å². The molecule has 0 aliphatic carbocycles. The van der Waals surface area contributed by atoms with Crippen LogP contribution in [0.5, 0.6) is 0 Å². The van der Waals surface area contributed by atoms with E-state index < -0.39 is 0 Å². The van der Waals surface area contributed by atoms with Gasteiger partial charge < -0.3 is 5.32 Å². The second-order valence-corrected chi connectivity index (χ2v) is 4.65. The van der Waals surface area contributed by atoms with E-state index in [0.29, 0.717) is 27.7 Å². The lowest BCUT2D eigenvalue weighted by molar-refractivity contribution is 0.103. The molecule has 19 heavy (non-hydrogen) atoms. The van der Waals surface area contributed by atoms with Crippen molar-refractivity contribution in [1.29, 1.82) is 0 Å². The van der Waals surface area contributed by atoms with E-state index in [0.717, 1.165) is 5.56 Å². The first-order valence-corrected chi connectivity index (χ1v) is 6.22. The number of aryl methyl sites for hydroxylation is 2. The molecule has 0 fully saturated rings. The molecule has 0 aliphatic rings. The Balaban J connectivity index is 2.56. The van der Waals surface area contributed by atoms with Crippen molar-refractivity contribution in [3.8, 4) is 0 Å². The number of nitrogens with zero attached hydrogens (tertiary/aromatic N) is 2. The fraction of sp³-hybridized carbons (Fsp3) is 0.214. The van der Waals surface area contributed by atoms with E-state index in [1.807, 2.05) is 19.9 Å². The molecule has 0 aliphatic heterocycles. The van der Waals surface area contributed by atoms with Crippen molar-refractivity contribution in [2.75, 3.05) is 12.4 Å². The molecule has 0 atom stereocenters. The maximum absolute atomic E-state index is 12.6. The molecule has 0 aromatic carbocycles. The molecule has 0 bridgehead atoms. The van der Waals surface area contributed by atoms with E-state index >= 15 is 0 Å². The summed E-state index contributed by atoms with van der Waals surface area (Å²) in [6.45, 7) is 3.70. The first-order chi connectivity index (χ1) is 9.04. The monoisotopic (exact) mass is 275 g/mol. The predicted octanol–water partition coefficient (Wildman–Crippen LogP) is 3.02. The average molecular weight is 276 g/mol. The summed E-state index contributed by atoms with van der Waals surface area (Å²) in [5, 5.41) is 3.42. The molecule has 0 unspecified atom stereocenters. The van der Waals surface area contributed by atoms with Gasteiger partial charge in [-0.25, -0.2) is 4.98 Å². The molecule has 1 N–H and O–H groups in total. The highest BCUT2D eigenvalue weighted by Crippen LogP contribution is 2.23. The van der Waals surface area contributed by atoms with Crippen molar-refractivity contribution in [2.45, 2.75) is 13.8 Å². The Morgan fingerprint density at radius 3 is 2.68 bits per heavy atom. The summed E-state index contributed by atoms with van der Waals surface area (Å²) in [7, 11) is 1.73. The number of hydrogen-bond acceptors (Lipinski definition) is 4. The summed E-state index contributed by atoms with van der Waals surface area (Å²) in [5.41, 5.74) is 3.14. The molecule has 5 heteroatoms. The first kappa shape index (κ1) is 13.5. The number of pyridine rings is 2. The second kappa shape index (κ2) is 5.36. The fourth-order valence-corrected chi connectivity index (χ4v) is 2.12. The van der Waals surface area contributed by atoms with E-state index in [1.54, 1.807) is 19.3 Å². The largest absolute Gasteiger partial charge is 0.386 e. The Morgan fingerprint density at radius 2 is 2.05 bits per heavy atom. The molecule has 2 rings (SSSR count). The van der Waals surface area contributed by atoms with Gasteiger partial charge in [0, 0.05) is 30.7 Å². The minimum Gasteiger partial charge on any atom is -0.386 e. The van der Waals surface area contributed by atoms with E-state index in [1.165, 1.54) is 6.20 Å². The van der Waals surface area contributed by atoms with Crippen molar-refractivity contribution in [3.05, 3.63) is 52.1 Å². The summed E-state index contributed by atoms with van der Waals surface area (Å²) in [6.07, 6.45) is 3.16. The summed E-state index contributed by atoms with van der Waals surface area (Å²) in [6, 6.07) is 3.50. The van der Waals surface area contributed by atoms with Crippen LogP contribution in [0.3, 0.4) is 0 Å². The molecular weight excluding hydrogens is 262 g/mol. The summed E-state index contributed by atoms with van der Waals surface area (Å²) >= 11 is 5.88. The van der Waals surface area contributed by atoms with Crippen molar-refractivity contribution in [3.63, 3.8) is 0 Å². The fourth-order valence-electron chi connectivity index (χ4n) is 1.97. The molecule has 98 valence electrons. The van der Waals surface area contributed by atoms with Crippen LogP contribution in [-0.4, -0.2) is 22.8 Å². The van der Waals surface area contributed by atoms with E-state index in [9.17, 15) is 4.79 Å². The molecule has 0 amide bonds. The topological polar surface area (TPSA) is 54.9 Å². The molecule has 0 radical (unpaired) electrons. The smallest absolute Gasteiger partial charge is 0.215 e. The number of halogens is 1. The Morgan fingerprint density at radius 1 is 1.32 bits per heavy atom. The number of rotatable bonds is 3. The lowest BCUT2D eigenvalue weighted by Crippen LogP contribution is -2.12. The van der Waals surface area contributed by atoms with Gasteiger partial charge in [-0.2, -0.15) is 0 Å². The third-order valence-electron chi connectivity index (χ3n) is 2.91. The number of carbonyl (C=O) groups excluding carboxylic acids is 1. The van der Waals surface area contributed by atoms with E-state index in [2.05, 4.69) is 15.3 Å². The van der Waals surface area contributed by atoms with Crippen LogP contribution >= 0.6 is 11.6 Å². The van der Waals surface area contributed by atoms with Gasteiger partial charge in [0.25, 0.3) is 0 Å². The molecule has 0 spiro atoms. The predicted molar refractivity (Wildman–Crippen MR) is 75.9 cm³/mol.